The first-order chi connectivity index (χ1) is 13.7. The van der Waals surface area contributed by atoms with Gasteiger partial charge in [-0.05, 0) is 52.6 Å². The molecule has 0 bridgehead atoms. The Bertz CT molecular complexity index is 1120. The lowest BCUT2D eigenvalue weighted by Crippen LogP contribution is -2.17. The molecule has 0 fully saturated rings. The molecule has 2 aromatic heterocycles. The van der Waals surface area contributed by atoms with E-state index in [9.17, 15) is 4.79 Å². The molecule has 0 saturated heterocycles. The van der Waals surface area contributed by atoms with E-state index in [0.717, 1.165) is 16.0 Å². The number of carbonyl (C=O) groups is 1. The fourth-order valence-electron chi connectivity index (χ4n) is 2.67. The van der Waals surface area contributed by atoms with Gasteiger partial charge in [0.05, 0.1) is 0 Å². The average molecular weight is 388 g/mol. The Balaban J connectivity index is 1.76. The summed E-state index contributed by atoms with van der Waals surface area (Å²) >= 11 is 1.51. The van der Waals surface area contributed by atoms with Gasteiger partial charge in [-0.1, -0.05) is 48.5 Å². The van der Waals surface area contributed by atoms with Gasteiger partial charge in [0, 0.05) is 10.4 Å². The van der Waals surface area contributed by atoms with Crippen molar-refractivity contribution in [1.82, 2.24) is 20.2 Å². The monoisotopic (exact) mass is 388 g/mol. The highest BCUT2D eigenvalue weighted by atomic mass is 32.1. The fraction of sp³-hybridized carbons (Fsp3) is 0.0476. The van der Waals surface area contributed by atoms with Crippen molar-refractivity contribution in [3.05, 3.63) is 82.6 Å². The molecule has 0 aliphatic rings. The summed E-state index contributed by atoms with van der Waals surface area (Å²) in [6, 6.07) is 20.6. The molecule has 2 heterocycles. The van der Waals surface area contributed by atoms with E-state index in [4.69, 9.17) is 4.74 Å². The van der Waals surface area contributed by atoms with E-state index in [1.165, 1.54) is 16.0 Å². The number of thiophene rings is 1. The van der Waals surface area contributed by atoms with Gasteiger partial charge < -0.3 is 4.74 Å². The molecule has 7 heteroatoms. The first kappa shape index (κ1) is 17.8. The standard InChI is InChI=1S/C21H16N4O2S/c1-15-7-5-10-17(13-15)27-21(26)19(14-18-11-6-12-28-18)25-20(22-23-24-25)16-8-3-2-4-9-16/h2-14H,1H3/b19-14-. The first-order valence-electron chi connectivity index (χ1n) is 8.59. The van der Waals surface area contributed by atoms with Crippen LogP contribution in [0.25, 0.3) is 23.2 Å². The lowest BCUT2D eigenvalue weighted by molar-refractivity contribution is -0.128. The summed E-state index contributed by atoms with van der Waals surface area (Å²) in [6.07, 6.45) is 1.73. The Labute approximate surface area is 165 Å². The number of esters is 1. The Kier molecular flexibility index (Phi) is 5.07. The highest BCUT2D eigenvalue weighted by Gasteiger charge is 2.21. The Morgan fingerprint density at radius 2 is 1.93 bits per heavy atom. The number of hydrogen-bond acceptors (Lipinski definition) is 6. The molecule has 0 saturated carbocycles. The van der Waals surface area contributed by atoms with Gasteiger partial charge in [0.25, 0.3) is 0 Å². The number of tetrazole rings is 1. The van der Waals surface area contributed by atoms with E-state index in [1.54, 1.807) is 18.2 Å². The van der Waals surface area contributed by atoms with Crippen molar-refractivity contribution in [3.8, 4) is 17.1 Å². The molecule has 0 amide bonds. The van der Waals surface area contributed by atoms with Crippen molar-refractivity contribution in [3.63, 3.8) is 0 Å². The van der Waals surface area contributed by atoms with Crippen LogP contribution in [-0.2, 0) is 4.79 Å². The first-order valence-corrected chi connectivity index (χ1v) is 9.47. The average Bonchev–Trinajstić information content (AvgIpc) is 3.38. The van der Waals surface area contributed by atoms with Gasteiger partial charge in [0.15, 0.2) is 11.5 Å². The van der Waals surface area contributed by atoms with Crippen molar-refractivity contribution in [2.45, 2.75) is 6.92 Å². The summed E-state index contributed by atoms with van der Waals surface area (Å²) in [5, 5.41) is 13.8. The molecule has 4 rings (SSSR count). The van der Waals surface area contributed by atoms with Crippen molar-refractivity contribution >= 4 is 29.1 Å². The molecular formula is C21H16N4O2S. The van der Waals surface area contributed by atoms with Crippen molar-refractivity contribution in [1.29, 1.82) is 0 Å². The van der Waals surface area contributed by atoms with Crippen LogP contribution in [0.4, 0.5) is 0 Å². The topological polar surface area (TPSA) is 69.9 Å². The maximum Gasteiger partial charge on any atom is 0.362 e. The van der Waals surface area contributed by atoms with Gasteiger partial charge in [-0.3, -0.25) is 0 Å². The van der Waals surface area contributed by atoms with E-state index >= 15 is 0 Å². The number of carbonyl (C=O) groups excluding carboxylic acids is 1. The lowest BCUT2D eigenvalue weighted by atomic mass is 10.2. The third-order valence-electron chi connectivity index (χ3n) is 3.96. The zero-order valence-electron chi connectivity index (χ0n) is 15.0. The Hall–Kier alpha value is -3.58. The van der Waals surface area contributed by atoms with E-state index in [1.807, 2.05) is 66.9 Å². The van der Waals surface area contributed by atoms with Gasteiger partial charge in [-0.15, -0.1) is 16.4 Å². The molecule has 0 aliphatic carbocycles. The minimum absolute atomic E-state index is 0.229. The van der Waals surface area contributed by atoms with E-state index in [2.05, 4.69) is 15.5 Å². The highest BCUT2D eigenvalue weighted by molar-refractivity contribution is 7.10. The summed E-state index contributed by atoms with van der Waals surface area (Å²) < 4.78 is 7.01. The normalized spacial score (nSPS) is 11.4. The number of aromatic nitrogens is 4. The molecule has 0 atom stereocenters. The molecular weight excluding hydrogens is 372 g/mol. The summed E-state index contributed by atoms with van der Waals surface area (Å²) in [6.45, 7) is 1.94. The second kappa shape index (κ2) is 7.98. The quantitative estimate of drug-likeness (QED) is 0.289. The molecule has 0 radical (unpaired) electrons. The third-order valence-corrected chi connectivity index (χ3v) is 4.78. The molecule has 4 aromatic rings. The zero-order valence-corrected chi connectivity index (χ0v) is 15.8. The lowest BCUT2D eigenvalue weighted by Gasteiger charge is -2.10. The van der Waals surface area contributed by atoms with Gasteiger partial charge in [-0.25, -0.2) is 4.79 Å². The van der Waals surface area contributed by atoms with Gasteiger partial charge in [0.1, 0.15) is 5.75 Å². The maximum absolute atomic E-state index is 13.0. The number of ether oxygens (including phenoxy) is 1. The largest absolute Gasteiger partial charge is 0.422 e. The number of benzene rings is 2. The number of nitrogens with zero attached hydrogens (tertiary/aromatic N) is 4. The molecule has 6 nitrogen and oxygen atoms in total. The SMILES string of the molecule is Cc1cccc(OC(=O)/C(=C/c2cccs2)n2nnnc2-c2ccccc2)c1. The van der Waals surface area contributed by atoms with Crippen LogP contribution in [-0.4, -0.2) is 26.2 Å². The summed E-state index contributed by atoms with van der Waals surface area (Å²) in [5.74, 6) is 0.393. The maximum atomic E-state index is 13.0. The minimum Gasteiger partial charge on any atom is -0.422 e. The zero-order chi connectivity index (χ0) is 19.3. The molecule has 0 spiro atoms. The van der Waals surface area contributed by atoms with Crippen LogP contribution in [0.3, 0.4) is 0 Å². The van der Waals surface area contributed by atoms with E-state index in [0.29, 0.717) is 11.6 Å². The number of aryl methyl sites for hydroxylation is 1. The molecule has 138 valence electrons. The second-order valence-corrected chi connectivity index (χ2v) is 7.01. The summed E-state index contributed by atoms with van der Waals surface area (Å²) in [7, 11) is 0. The summed E-state index contributed by atoms with van der Waals surface area (Å²) in [4.78, 5) is 13.9. The number of rotatable bonds is 5. The van der Waals surface area contributed by atoms with Crippen LogP contribution in [0.5, 0.6) is 5.75 Å². The van der Waals surface area contributed by atoms with Crippen LogP contribution < -0.4 is 4.74 Å². The smallest absolute Gasteiger partial charge is 0.362 e. The van der Waals surface area contributed by atoms with Gasteiger partial charge >= 0.3 is 5.97 Å². The summed E-state index contributed by atoms with van der Waals surface area (Å²) in [5.41, 5.74) is 2.03. The predicted molar refractivity (Wildman–Crippen MR) is 109 cm³/mol. The molecule has 2 aromatic carbocycles. The second-order valence-electron chi connectivity index (χ2n) is 6.03. The Morgan fingerprint density at radius 1 is 1.07 bits per heavy atom. The Morgan fingerprint density at radius 3 is 2.68 bits per heavy atom. The fourth-order valence-corrected chi connectivity index (χ4v) is 3.32. The van der Waals surface area contributed by atoms with Crippen LogP contribution in [0.1, 0.15) is 10.4 Å². The van der Waals surface area contributed by atoms with Crippen LogP contribution in [0.15, 0.2) is 72.1 Å². The molecule has 0 unspecified atom stereocenters. The highest BCUT2D eigenvalue weighted by Crippen LogP contribution is 2.24. The minimum atomic E-state index is -0.538. The van der Waals surface area contributed by atoms with Crippen molar-refractivity contribution in [2.75, 3.05) is 0 Å². The van der Waals surface area contributed by atoms with Crippen molar-refractivity contribution < 1.29 is 9.53 Å². The molecule has 0 aliphatic heterocycles. The van der Waals surface area contributed by atoms with Gasteiger partial charge in [-0.2, -0.15) is 4.68 Å². The number of hydrogen-bond donors (Lipinski definition) is 0. The van der Waals surface area contributed by atoms with E-state index in [-0.39, 0.29) is 5.70 Å². The van der Waals surface area contributed by atoms with Crippen molar-refractivity contribution in [2.24, 2.45) is 0 Å². The van der Waals surface area contributed by atoms with Crippen LogP contribution >= 0.6 is 11.3 Å². The van der Waals surface area contributed by atoms with E-state index < -0.39 is 5.97 Å². The van der Waals surface area contributed by atoms with Crippen LogP contribution in [0, 0.1) is 6.92 Å². The molecule has 28 heavy (non-hydrogen) atoms. The van der Waals surface area contributed by atoms with Gasteiger partial charge in [0.2, 0.25) is 0 Å². The third kappa shape index (κ3) is 3.89. The van der Waals surface area contributed by atoms with Crippen LogP contribution in [0.2, 0.25) is 0 Å². The predicted octanol–water partition coefficient (Wildman–Crippen LogP) is 4.31. The molecule has 0 N–H and O–H groups in total.